The van der Waals surface area contributed by atoms with Crippen molar-refractivity contribution in [1.82, 2.24) is 15.4 Å². The number of hydrogen-bond acceptors (Lipinski definition) is 4. The van der Waals surface area contributed by atoms with Gasteiger partial charge in [-0.1, -0.05) is 0 Å². The van der Waals surface area contributed by atoms with Crippen LogP contribution >= 0.6 is 0 Å². The minimum absolute atomic E-state index is 0.359. The Morgan fingerprint density at radius 2 is 2.25 bits per heavy atom. The lowest BCUT2D eigenvalue weighted by molar-refractivity contribution is 0.904. The van der Waals surface area contributed by atoms with E-state index in [0.717, 1.165) is 0 Å². The van der Waals surface area contributed by atoms with Crippen LogP contribution < -0.4 is 16.7 Å². The van der Waals surface area contributed by atoms with E-state index in [2.05, 4.69) is 15.5 Å². The Balaban J connectivity index is 3.09. The lowest BCUT2D eigenvalue weighted by Crippen LogP contribution is -2.22. The van der Waals surface area contributed by atoms with Crippen LogP contribution in [0.2, 0.25) is 0 Å². The zero-order valence-corrected chi connectivity index (χ0v) is 6.42. The van der Waals surface area contributed by atoms with Crippen LogP contribution in [0, 0.1) is 0 Å². The second-order valence-electron chi connectivity index (χ2n) is 2.02. The molecule has 0 saturated carbocycles. The monoisotopic (exact) mass is 168 g/mol. The highest BCUT2D eigenvalue weighted by molar-refractivity contribution is 5.76. The number of hydrazone groups is 1. The molecule has 0 atom stereocenters. The van der Waals surface area contributed by atoms with Gasteiger partial charge in [-0.05, 0) is 0 Å². The summed E-state index contributed by atoms with van der Waals surface area (Å²) in [5.41, 5.74) is 1.86. The summed E-state index contributed by atoms with van der Waals surface area (Å²) in [6.07, 6.45) is 1.34. The molecule has 1 heterocycles. The standard InChI is InChI=1S/C6H8N4O2/c1-7-8-3-4-2-5(11)10-6(12)9-4/h2-3,7H,1H3,(H2,9,10,11,12)/b8-3+. The van der Waals surface area contributed by atoms with Gasteiger partial charge < -0.3 is 10.4 Å². The molecule has 1 aromatic rings. The van der Waals surface area contributed by atoms with E-state index in [1.807, 2.05) is 4.98 Å². The van der Waals surface area contributed by atoms with Crippen LogP contribution in [0.1, 0.15) is 5.69 Å². The van der Waals surface area contributed by atoms with Crippen molar-refractivity contribution in [1.29, 1.82) is 0 Å². The average molecular weight is 168 g/mol. The zero-order valence-electron chi connectivity index (χ0n) is 6.42. The van der Waals surface area contributed by atoms with Crippen molar-refractivity contribution in [3.05, 3.63) is 32.6 Å². The number of aromatic nitrogens is 2. The van der Waals surface area contributed by atoms with Gasteiger partial charge in [-0.15, -0.1) is 0 Å². The maximum absolute atomic E-state index is 10.7. The fourth-order valence-electron chi connectivity index (χ4n) is 0.691. The molecule has 12 heavy (non-hydrogen) atoms. The predicted molar refractivity (Wildman–Crippen MR) is 44.3 cm³/mol. The van der Waals surface area contributed by atoms with Gasteiger partial charge >= 0.3 is 5.69 Å². The molecule has 0 aliphatic heterocycles. The van der Waals surface area contributed by atoms with E-state index in [9.17, 15) is 9.59 Å². The van der Waals surface area contributed by atoms with Crippen molar-refractivity contribution < 1.29 is 0 Å². The van der Waals surface area contributed by atoms with Gasteiger partial charge in [0.15, 0.2) is 0 Å². The van der Waals surface area contributed by atoms with Gasteiger partial charge in [-0.3, -0.25) is 9.78 Å². The van der Waals surface area contributed by atoms with Gasteiger partial charge in [-0.2, -0.15) is 5.10 Å². The molecule has 1 aromatic heterocycles. The molecular weight excluding hydrogens is 160 g/mol. The summed E-state index contributed by atoms with van der Waals surface area (Å²) >= 11 is 0. The first-order chi connectivity index (χ1) is 5.72. The van der Waals surface area contributed by atoms with Crippen LogP contribution in [0.3, 0.4) is 0 Å². The number of H-pyrrole nitrogens is 2. The zero-order chi connectivity index (χ0) is 8.97. The van der Waals surface area contributed by atoms with Gasteiger partial charge in [0, 0.05) is 13.1 Å². The van der Waals surface area contributed by atoms with E-state index in [1.54, 1.807) is 7.05 Å². The second-order valence-corrected chi connectivity index (χ2v) is 2.02. The summed E-state index contributed by atoms with van der Waals surface area (Å²) in [6, 6.07) is 1.24. The number of nitrogens with one attached hydrogen (secondary N) is 3. The molecule has 64 valence electrons. The van der Waals surface area contributed by atoms with Crippen molar-refractivity contribution in [2.75, 3.05) is 7.05 Å². The van der Waals surface area contributed by atoms with Crippen LogP contribution in [0.15, 0.2) is 20.8 Å². The van der Waals surface area contributed by atoms with Crippen molar-refractivity contribution in [3.8, 4) is 0 Å². The van der Waals surface area contributed by atoms with E-state index in [0.29, 0.717) is 5.69 Å². The lowest BCUT2D eigenvalue weighted by Gasteiger charge is -1.89. The highest BCUT2D eigenvalue weighted by atomic mass is 16.2. The Kier molecular flexibility index (Phi) is 2.42. The summed E-state index contributed by atoms with van der Waals surface area (Å²) in [4.78, 5) is 25.8. The summed E-state index contributed by atoms with van der Waals surface area (Å²) < 4.78 is 0. The van der Waals surface area contributed by atoms with Gasteiger partial charge in [-0.25, -0.2) is 4.79 Å². The molecule has 0 aliphatic carbocycles. The Bertz CT molecular complexity index is 361. The third kappa shape index (κ3) is 2.08. The molecule has 0 fully saturated rings. The highest BCUT2D eigenvalue weighted by Gasteiger charge is 1.90. The summed E-state index contributed by atoms with van der Waals surface area (Å²) in [7, 11) is 1.61. The van der Waals surface area contributed by atoms with Crippen molar-refractivity contribution in [2.45, 2.75) is 0 Å². The SMILES string of the molecule is CN/N=C/c1cc(=O)[nH]c(=O)[nH]1. The summed E-state index contributed by atoms with van der Waals surface area (Å²) in [5, 5.41) is 3.63. The Morgan fingerprint density at radius 3 is 2.83 bits per heavy atom. The number of rotatable bonds is 2. The van der Waals surface area contributed by atoms with Gasteiger partial charge in [0.25, 0.3) is 5.56 Å². The Morgan fingerprint density at radius 1 is 1.50 bits per heavy atom. The van der Waals surface area contributed by atoms with Gasteiger partial charge in [0.05, 0.1) is 11.9 Å². The summed E-state index contributed by atoms with van der Waals surface area (Å²) in [5.74, 6) is 0. The van der Waals surface area contributed by atoms with Crippen LogP contribution in [0.4, 0.5) is 0 Å². The Labute approximate surface area is 67.3 Å². The number of aromatic amines is 2. The van der Waals surface area contributed by atoms with E-state index in [1.165, 1.54) is 12.3 Å². The topological polar surface area (TPSA) is 90.1 Å². The third-order valence-electron chi connectivity index (χ3n) is 1.11. The molecule has 0 radical (unpaired) electrons. The van der Waals surface area contributed by atoms with Gasteiger partial charge in [0.2, 0.25) is 0 Å². The molecule has 0 unspecified atom stereocenters. The fraction of sp³-hybridized carbons (Fsp3) is 0.167. The quantitative estimate of drug-likeness (QED) is 0.375. The first-order valence-corrected chi connectivity index (χ1v) is 3.26. The normalized spacial score (nSPS) is 10.4. The lowest BCUT2D eigenvalue weighted by atomic mass is 10.4. The van der Waals surface area contributed by atoms with Crippen molar-refractivity contribution in [2.24, 2.45) is 5.10 Å². The molecule has 0 bridgehead atoms. The molecule has 0 spiro atoms. The van der Waals surface area contributed by atoms with E-state index >= 15 is 0 Å². The molecular formula is C6H8N4O2. The molecule has 0 amide bonds. The Hall–Kier alpha value is -1.85. The van der Waals surface area contributed by atoms with E-state index < -0.39 is 11.2 Å². The first-order valence-electron chi connectivity index (χ1n) is 3.26. The maximum atomic E-state index is 10.7. The molecule has 6 nitrogen and oxygen atoms in total. The largest absolute Gasteiger partial charge is 0.326 e. The fourth-order valence-corrected chi connectivity index (χ4v) is 0.691. The highest BCUT2D eigenvalue weighted by Crippen LogP contribution is 1.75. The number of nitrogens with zero attached hydrogens (tertiary/aromatic N) is 1. The smallest absolute Gasteiger partial charge is 0.313 e. The minimum Gasteiger partial charge on any atom is -0.313 e. The molecule has 0 saturated heterocycles. The van der Waals surface area contributed by atoms with Crippen LogP contribution in [0.5, 0.6) is 0 Å². The van der Waals surface area contributed by atoms with Crippen molar-refractivity contribution in [3.63, 3.8) is 0 Å². The minimum atomic E-state index is -0.542. The molecule has 3 N–H and O–H groups in total. The van der Waals surface area contributed by atoms with E-state index in [-0.39, 0.29) is 0 Å². The second kappa shape index (κ2) is 3.51. The molecule has 0 aromatic carbocycles. The van der Waals surface area contributed by atoms with Crippen LogP contribution in [-0.4, -0.2) is 23.2 Å². The van der Waals surface area contributed by atoms with Crippen molar-refractivity contribution >= 4 is 6.21 Å². The van der Waals surface area contributed by atoms with Gasteiger partial charge in [0.1, 0.15) is 0 Å². The van der Waals surface area contributed by atoms with E-state index in [4.69, 9.17) is 0 Å². The number of hydrogen-bond donors (Lipinski definition) is 3. The van der Waals surface area contributed by atoms with Crippen LogP contribution in [-0.2, 0) is 0 Å². The average Bonchev–Trinajstić information content (AvgIpc) is 1.99. The third-order valence-corrected chi connectivity index (χ3v) is 1.11. The molecule has 1 rings (SSSR count). The molecule has 0 aliphatic rings. The summed E-state index contributed by atoms with van der Waals surface area (Å²) in [6.45, 7) is 0. The molecule has 6 heteroatoms. The first kappa shape index (κ1) is 8.25. The van der Waals surface area contributed by atoms with Crippen LogP contribution in [0.25, 0.3) is 0 Å². The predicted octanol–water partition coefficient (Wildman–Crippen LogP) is -1.38. The maximum Gasteiger partial charge on any atom is 0.326 e.